The summed E-state index contributed by atoms with van der Waals surface area (Å²) in [4.78, 5) is 12.6. The molecule has 1 saturated carbocycles. The summed E-state index contributed by atoms with van der Waals surface area (Å²) in [7, 11) is 0. The summed E-state index contributed by atoms with van der Waals surface area (Å²) in [6.07, 6.45) is 3.60. The molecule has 3 heteroatoms. The van der Waals surface area contributed by atoms with Gasteiger partial charge in [-0.2, -0.15) is 0 Å². The van der Waals surface area contributed by atoms with E-state index in [1.165, 1.54) is 12.8 Å². The predicted molar refractivity (Wildman–Crippen MR) is 91.5 cm³/mol. The molecule has 3 atom stereocenters. The highest BCUT2D eigenvalue weighted by atomic mass is 79.9. The van der Waals surface area contributed by atoms with E-state index in [1.54, 1.807) is 0 Å². The molecule has 1 fully saturated rings. The number of halogens is 1. The third kappa shape index (κ3) is 4.09. The largest absolute Gasteiger partial charge is 0.349 e. The van der Waals surface area contributed by atoms with Gasteiger partial charge in [0, 0.05) is 10.5 Å². The van der Waals surface area contributed by atoms with Crippen LogP contribution in [-0.2, 0) is 0 Å². The zero-order chi connectivity index (χ0) is 15.6. The number of carbonyl (C=O) groups is 1. The lowest BCUT2D eigenvalue weighted by molar-refractivity contribution is 0.0867. The first kappa shape index (κ1) is 16.5. The lowest BCUT2D eigenvalue weighted by Gasteiger charge is -2.37. The molecule has 0 spiro atoms. The van der Waals surface area contributed by atoms with Crippen LogP contribution in [0.4, 0.5) is 0 Å². The normalized spacial score (nSPS) is 25.9. The number of nitrogens with one attached hydrogen (secondary N) is 1. The minimum atomic E-state index is 0.0512. The van der Waals surface area contributed by atoms with Gasteiger partial charge in [-0.05, 0) is 65.6 Å². The van der Waals surface area contributed by atoms with Gasteiger partial charge < -0.3 is 5.32 Å². The third-order valence-electron chi connectivity index (χ3n) is 4.71. The van der Waals surface area contributed by atoms with Gasteiger partial charge in [0.25, 0.3) is 5.91 Å². The molecule has 0 saturated heterocycles. The maximum absolute atomic E-state index is 12.6. The second-order valence-corrected chi connectivity index (χ2v) is 7.74. The summed E-state index contributed by atoms with van der Waals surface area (Å²) < 4.78 is 0.871. The lowest BCUT2D eigenvalue weighted by Crippen LogP contribution is -2.45. The van der Waals surface area contributed by atoms with Crippen molar-refractivity contribution < 1.29 is 4.79 Å². The van der Waals surface area contributed by atoms with Crippen molar-refractivity contribution in [1.29, 1.82) is 0 Å². The Morgan fingerprint density at radius 1 is 1.33 bits per heavy atom. The molecule has 1 N–H and O–H groups in total. The van der Waals surface area contributed by atoms with E-state index in [1.807, 2.05) is 25.1 Å². The molecule has 0 aliphatic heterocycles. The number of rotatable bonds is 3. The molecule has 1 amide bonds. The average molecular weight is 352 g/mol. The van der Waals surface area contributed by atoms with E-state index in [4.69, 9.17) is 0 Å². The molecule has 2 rings (SSSR count). The number of carbonyl (C=O) groups excluding carboxylic acids is 1. The molecular weight excluding hydrogens is 326 g/mol. The fourth-order valence-corrected chi connectivity index (χ4v) is 3.85. The van der Waals surface area contributed by atoms with Crippen LogP contribution in [0.15, 0.2) is 22.7 Å². The van der Waals surface area contributed by atoms with Gasteiger partial charge in [0.2, 0.25) is 0 Å². The number of amides is 1. The quantitative estimate of drug-likeness (QED) is 0.820. The Morgan fingerprint density at radius 3 is 2.71 bits per heavy atom. The molecule has 0 bridgehead atoms. The Kier molecular flexibility index (Phi) is 5.48. The zero-order valence-corrected chi connectivity index (χ0v) is 15.0. The van der Waals surface area contributed by atoms with Gasteiger partial charge in [0.05, 0.1) is 5.56 Å². The minimum Gasteiger partial charge on any atom is -0.349 e. The van der Waals surface area contributed by atoms with Gasteiger partial charge in [-0.1, -0.05) is 38.8 Å². The minimum absolute atomic E-state index is 0.0512. The molecule has 1 aliphatic rings. The molecule has 1 aromatic carbocycles. The summed E-state index contributed by atoms with van der Waals surface area (Å²) in [5.41, 5.74) is 1.86. The van der Waals surface area contributed by atoms with Gasteiger partial charge in [-0.25, -0.2) is 0 Å². The van der Waals surface area contributed by atoms with Crippen LogP contribution in [0.3, 0.4) is 0 Å². The van der Waals surface area contributed by atoms with E-state index in [0.29, 0.717) is 23.8 Å². The highest BCUT2D eigenvalue weighted by Crippen LogP contribution is 2.33. The number of aryl methyl sites for hydroxylation is 1. The monoisotopic (exact) mass is 351 g/mol. The van der Waals surface area contributed by atoms with Crippen molar-refractivity contribution in [2.45, 2.75) is 53.0 Å². The summed E-state index contributed by atoms with van der Waals surface area (Å²) in [6, 6.07) is 6.22. The van der Waals surface area contributed by atoms with Crippen molar-refractivity contribution >= 4 is 21.8 Å². The van der Waals surface area contributed by atoms with Crippen molar-refractivity contribution in [3.8, 4) is 0 Å². The molecule has 116 valence electrons. The Labute approximate surface area is 136 Å². The molecule has 0 heterocycles. The highest BCUT2D eigenvalue weighted by molar-refractivity contribution is 9.10. The molecular formula is C18H26BrNO. The maximum atomic E-state index is 12.6. The van der Waals surface area contributed by atoms with Crippen LogP contribution < -0.4 is 5.32 Å². The smallest absolute Gasteiger partial charge is 0.252 e. The van der Waals surface area contributed by atoms with Gasteiger partial charge in [0.15, 0.2) is 0 Å². The number of benzene rings is 1. The molecule has 1 aliphatic carbocycles. The van der Waals surface area contributed by atoms with E-state index >= 15 is 0 Å². The second kappa shape index (κ2) is 6.95. The van der Waals surface area contributed by atoms with E-state index in [0.717, 1.165) is 22.0 Å². The van der Waals surface area contributed by atoms with Crippen LogP contribution in [0.1, 0.15) is 56.0 Å². The van der Waals surface area contributed by atoms with Crippen LogP contribution >= 0.6 is 15.9 Å². The first-order valence-electron chi connectivity index (χ1n) is 7.95. The van der Waals surface area contributed by atoms with Crippen molar-refractivity contribution in [3.05, 3.63) is 33.8 Å². The molecule has 1 aromatic rings. The van der Waals surface area contributed by atoms with E-state index in [2.05, 4.69) is 42.0 Å². The van der Waals surface area contributed by atoms with Gasteiger partial charge in [-0.3, -0.25) is 4.79 Å². The Balaban J connectivity index is 2.14. The standard InChI is InChI=1S/C18H26BrNO/c1-11(2)14-7-5-13(4)10-17(14)20-18(21)15-9-12(3)6-8-16(15)19/h6,8-9,11,13-14,17H,5,7,10H2,1-4H3,(H,20,21). The van der Waals surface area contributed by atoms with E-state index < -0.39 is 0 Å². The Hall–Kier alpha value is -0.830. The van der Waals surface area contributed by atoms with Crippen LogP contribution in [0, 0.1) is 24.7 Å². The van der Waals surface area contributed by atoms with Crippen LogP contribution in [-0.4, -0.2) is 11.9 Å². The van der Waals surface area contributed by atoms with Crippen molar-refractivity contribution in [3.63, 3.8) is 0 Å². The number of hydrogen-bond acceptors (Lipinski definition) is 1. The third-order valence-corrected chi connectivity index (χ3v) is 5.40. The average Bonchev–Trinajstić information content (AvgIpc) is 2.41. The maximum Gasteiger partial charge on any atom is 0.252 e. The van der Waals surface area contributed by atoms with Crippen LogP contribution in [0.5, 0.6) is 0 Å². The van der Waals surface area contributed by atoms with Gasteiger partial charge in [-0.15, -0.1) is 0 Å². The fourth-order valence-electron chi connectivity index (χ4n) is 3.43. The summed E-state index contributed by atoms with van der Waals surface area (Å²) in [5.74, 6) is 1.96. The summed E-state index contributed by atoms with van der Waals surface area (Å²) >= 11 is 3.49. The highest BCUT2D eigenvalue weighted by Gasteiger charge is 2.32. The topological polar surface area (TPSA) is 29.1 Å². The van der Waals surface area contributed by atoms with Gasteiger partial charge in [0.1, 0.15) is 0 Å². The molecule has 2 nitrogen and oxygen atoms in total. The Bertz CT molecular complexity index is 512. The van der Waals surface area contributed by atoms with E-state index in [-0.39, 0.29) is 5.91 Å². The van der Waals surface area contributed by atoms with Crippen molar-refractivity contribution in [1.82, 2.24) is 5.32 Å². The first-order valence-corrected chi connectivity index (χ1v) is 8.74. The summed E-state index contributed by atoms with van der Waals surface area (Å²) in [5, 5.41) is 3.30. The van der Waals surface area contributed by atoms with Crippen molar-refractivity contribution in [2.24, 2.45) is 17.8 Å². The first-order chi connectivity index (χ1) is 9.88. The van der Waals surface area contributed by atoms with Crippen LogP contribution in [0.25, 0.3) is 0 Å². The SMILES string of the molecule is Cc1ccc(Br)c(C(=O)NC2CC(C)CCC2C(C)C)c1. The van der Waals surface area contributed by atoms with Gasteiger partial charge >= 0.3 is 0 Å². The molecule has 0 aromatic heterocycles. The van der Waals surface area contributed by atoms with E-state index in [9.17, 15) is 4.79 Å². The zero-order valence-electron chi connectivity index (χ0n) is 13.4. The van der Waals surface area contributed by atoms with Crippen molar-refractivity contribution in [2.75, 3.05) is 0 Å². The molecule has 0 radical (unpaired) electrons. The molecule has 3 unspecified atom stereocenters. The molecule has 21 heavy (non-hydrogen) atoms. The Morgan fingerprint density at radius 2 is 2.05 bits per heavy atom. The summed E-state index contributed by atoms with van der Waals surface area (Å²) in [6.45, 7) is 8.84. The number of hydrogen-bond donors (Lipinski definition) is 1. The lowest BCUT2D eigenvalue weighted by atomic mass is 9.74. The van der Waals surface area contributed by atoms with Crippen LogP contribution in [0.2, 0.25) is 0 Å². The predicted octanol–water partition coefficient (Wildman–Crippen LogP) is 4.95. The fraction of sp³-hybridized carbons (Fsp3) is 0.611. The second-order valence-electron chi connectivity index (χ2n) is 6.89.